The van der Waals surface area contributed by atoms with Crippen molar-refractivity contribution in [2.75, 3.05) is 24.5 Å². The average Bonchev–Trinajstić information content (AvgIpc) is 2.94. The Hall–Kier alpha value is -1.98. The molecule has 1 fully saturated rings. The number of hydrogen-bond donors (Lipinski definition) is 2. The van der Waals surface area contributed by atoms with Gasteiger partial charge in [0.2, 0.25) is 5.95 Å². The molecule has 1 aliphatic rings. The van der Waals surface area contributed by atoms with E-state index >= 15 is 0 Å². The van der Waals surface area contributed by atoms with Crippen LogP contribution in [-0.2, 0) is 4.79 Å². The van der Waals surface area contributed by atoms with Gasteiger partial charge >= 0.3 is 5.97 Å². The number of aryl methyl sites for hydroxylation is 1. The standard InChI is InChI=1S/C18H18ClIN6O2/c1-3-21-18(16(27)28)8-25(9-18)17-23-10(2)22-15-13(20)14(24-26(15)17)11-6-4-5-7-12(11)19/h4-7,21H,3,8-9H2,1-2H3,(H,27,28). The minimum Gasteiger partial charge on any atom is -0.480 e. The van der Waals surface area contributed by atoms with Crippen molar-refractivity contribution < 1.29 is 9.90 Å². The van der Waals surface area contributed by atoms with Crippen LogP contribution in [-0.4, -0.2) is 55.8 Å². The number of anilines is 1. The Morgan fingerprint density at radius 3 is 2.71 bits per heavy atom. The topological polar surface area (TPSA) is 95.7 Å². The first-order valence-corrected chi connectivity index (χ1v) is 10.2. The van der Waals surface area contributed by atoms with E-state index < -0.39 is 11.5 Å². The highest BCUT2D eigenvalue weighted by Crippen LogP contribution is 2.34. The molecular weight excluding hydrogens is 495 g/mol. The van der Waals surface area contributed by atoms with Gasteiger partial charge in [0.25, 0.3) is 0 Å². The lowest BCUT2D eigenvalue weighted by atomic mass is 9.90. The molecule has 3 heterocycles. The summed E-state index contributed by atoms with van der Waals surface area (Å²) in [7, 11) is 0. The second kappa shape index (κ2) is 7.12. The Morgan fingerprint density at radius 1 is 1.36 bits per heavy atom. The quantitative estimate of drug-likeness (QED) is 0.508. The van der Waals surface area contributed by atoms with Crippen molar-refractivity contribution in [3.05, 3.63) is 38.7 Å². The summed E-state index contributed by atoms with van der Waals surface area (Å²) in [5.41, 5.74) is 1.25. The summed E-state index contributed by atoms with van der Waals surface area (Å²) >= 11 is 8.58. The normalized spacial score (nSPS) is 15.6. The summed E-state index contributed by atoms with van der Waals surface area (Å²) in [5, 5.41) is 18.0. The largest absolute Gasteiger partial charge is 0.480 e. The van der Waals surface area contributed by atoms with Crippen LogP contribution in [0.15, 0.2) is 24.3 Å². The van der Waals surface area contributed by atoms with Crippen molar-refractivity contribution in [3.8, 4) is 11.3 Å². The van der Waals surface area contributed by atoms with E-state index in [1.807, 2.05) is 43.0 Å². The average molecular weight is 513 g/mol. The van der Waals surface area contributed by atoms with Crippen molar-refractivity contribution in [3.63, 3.8) is 0 Å². The molecule has 0 aliphatic carbocycles. The third kappa shape index (κ3) is 3.01. The van der Waals surface area contributed by atoms with Crippen molar-refractivity contribution in [1.29, 1.82) is 0 Å². The van der Waals surface area contributed by atoms with Crippen LogP contribution in [0.2, 0.25) is 5.02 Å². The zero-order chi connectivity index (χ0) is 20.1. The maximum Gasteiger partial charge on any atom is 0.327 e. The maximum absolute atomic E-state index is 11.7. The third-order valence-corrected chi connectivity index (χ3v) is 6.10. The molecule has 0 amide bonds. The molecule has 2 N–H and O–H groups in total. The number of aliphatic carboxylic acids is 1. The van der Waals surface area contributed by atoms with E-state index in [1.165, 1.54) is 0 Å². The van der Waals surface area contributed by atoms with Crippen molar-refractivity contribution in [2.45, 2.75) is 19.4 Å². The van der Waals surface area contributed by atoms with Gasteiger partial charge in [-0.25, -0.2) is 4.98 Å². The molecule has 2 aromatic heterocycles. The summed E-state index contributed by atoms with van der Waals surface area (Å²) < 4.78 is 2.54. The van der Waals surface area contributed by atoms with E-state index in [0.29, 0.717) is 42.1 Å². The van der Waals surface area contributed by atoms with Crippen molar-refractivity contribution in [2.24, 2.45) is 0 Å². The van der Waals surface area contributed by atoms with E-state index in [4.69, 9.17) is 16.7 Å². The number of rotatable bonds is 5. The summed E-state index contributed by atoms with van der Waals surface area (Å²) in [4.78, 5) is 22.7. The molecule has 4 rings (SSSR count). The van der Waals surface area contributed by atoms with Crippen molar-refractivity contribution >= 4 is 51.8 Å². The summed E-state index contributed by atoms with van der Waals surface area (Å²) in [6.07, 6.45) is 0. The lowest BCUT2D eigenvalue weighted by Gasteiger charge is -2.47. The van der Waals surface area contributed by atoms with E-state index in [2.05, 4.69) is 37.9 Å². The lowest BCUT2D eigenvalue weighted by Crippen LogP contribution is -2.73. The predicted octanol–water partition coefficient (Wildman–Crippen LogP) is 2.61. The Bertz CT molecular complexity index is 1080. The number of carbonyl (C=O) groups is 1. The maximum atomic E-state index is 11.7. The predicted molar refractivity (Wildman–Crippen MR) is 115 cm³/mol. The van der Waals surface area contributed by atoms with Gasteiger partial charge in [0, 0.05) is 5.56 Å². The van der Waals surface area contributed by atoms with E-state index in [9.17, 15) is 9.90 Å². The van der Waals surface area contributed by atoms with Crippen LogP contribution in [0.4, 0.5) is 5.95 Å². The molecule has 0 bridgehead atoms. The van der Waals surface area contributed by atoms with E-state index in [0.717, 1.165) is 14.8 Å². The molecule has 0 spiro atoms. The van der Waals surface area contributed by atoms with Crippen LogP contribution in [0.3, 0.4) is 0 Å². The van der Waals surface area contributed by atoms with Gasteiger partial charge in [-0.2, -0.15) is 14.6 Å². The summed E-state index contributed by atoms with van der Waals surface area (Å²) in [6, 6.07) is 7.51. The Morgan fingerprint density at radius 2 is 2.07 bits per heavy atom. The fourth-order valence-corrected chi connectivity index (χ4v) is 4.41. The molecular formula is C18H18ClIN6O2. The molecule has 0 radical (unpaired) electrons. The number of carboxylic acids is 1. The Kier molecular flexibility index (Phi) is 4.92. The van der Waals surface area contributed by atoms with Crippen LogP contribution >= 0.6 is 34.2 Å². The molecule has 0 atom stereocenters. The van der Waals surface area contributed by atoms with Crippen LogP contribution in [0, 0.1) is 10.5 Å². The smallest absolute Gasteiger partial charge is 0.327 e. The number of hydrogen-bond acceptors (Lipinski definition) is 6. The van der Waals surface area contributed by atoms with Crippen LogP contribution in [0.5, 0.6) is 0 Å². The Balaban J connectivity index is 1.80. The van der Waals surface area contributed by atoms with Gasteiger partial charge in [-0.15, -0.1) is 0 Å². The molecule has 1 aromatic carbocycles. The van der Waals surface area contributed by atoms with Gasteiger partial charge in [0.05, 0.1) is 21.7 Å². The third-order valence-electron chi connectivity index (χ3n) is 4.78. The molecule has 0 unspecified atom stereocenters. The number of nitrogens with one attached hydrogen (secondary N) is 1. The molecule has 1 saturated heterocycles. The number of benzene rings is 1. The lowest BCUT2D eigenvalue weighted by molar-refractivity contribution is -0.146. The second-order valence-corrected chi connectivity index (χ2v) is 8.21. The van der Waals surface area contributed by atoms with Gasteiger partial charge < -0.3 is 10.0 Å². The highest BCUT2D eigenvalue weighted by Gasteiger charge is 2.50. The molecule has 10 heteroatoms. The highest BCUT2D eigenvalue weighted by molar-refractivity contribution is 14.1. The van der Waals surface area contributed by atoms with Crippen LogP contribution < -0.4 is 10.2 Å². The molecule has 8 nitrogen and oxygen atoms in total. The number of nitrogens with zero attached hydrogens (tertiary/aromatic N) is 5. The zero-order valence-electron chi connectivity index (χ0n) is 15.3. The summed E-state index contributed by atoms with van der Waals surface area (Å²) in [5.74, 6) is 0.315. The number of fused-ring (bicyclic) bond motifs is 1. The van der Waals surface area contributed by atoms with Gasteiger partial charge in [-0.1, -0.05) is 36.7 Å². The molecule has 1 aliphatic heterocycles. The van der Waals surface area contributed by atoms with Gasteiger partial charge in [-0.05, 0) is 42.1 Å². The minimum absolute atomic E-state index is 0.305. The molecule has 0 saturated carbocycles. The first-order valence-electron chi connectivity index (χ1n) is 8.77. The van der Waals surface area contributed by atoms with E-state index in [-0.39, 0.29) is 0 Å². The van der Waals surface area contributed by atoms with Gasteiger partial charge in [-0.3, -0.25) is 10.1 Å². The van der Waals surface area contributed by atoms with E-state index in [1.54, 1.807) is 4.52 Å². The first kappa shape index (κ1) is 19.3. The highest BCUT2D eigenvalue weighted by atomic mass is 127. The fraction of sp³-hybridized carbons (Fsp3) is 0.333. The van der Waals surface area contributed by atoms with Crippen molar-refractivity contribution in [1.82, 2.24) is 24.9 Å². The number of halogens is 2. The zero-order valence-corrected chi connectivity index (χ0v) is 18.2. The number of carboxylic acid groups (broad SMARTS) is 1. The molecule has 3 aromatic rings. The monoisotopic (exact) mass is 512 g/mol. The number of aromatic nitrogens is 4. The minimum atomic E-state index is -0.966. The molecule has 146 valence electrons. The van der Waals surface area contributed by atoms with Gasteiger partial charge in [0.15, 0.2) is 11.2 Å². The SMILES string of the molecule is CCNC1(C(=O)O)CN(c2nc(C)nc3c(I)c(-c4ccccc4Cl)nn23)C1. The van der Waals surface area contributed by atoms with Crippen LogP contribution in [0.25, 0.3) is 16.9 Å². The van der Waals surface area contributed by atoms with Gasteiger partial charge in [0.1, 0.15) is 11.5 Å². The second-order valence-electron chi connectivity index (χ2n) is 6.72. The first-order chi connectivity index (χ1) is 13.4. The van der Waals surface area contributed by atoms with Crippen LogP contribution in [0.1, 0.15) is 12.7 Å². The fourth-order valence-electron chi connectivity index (χ4n) is 3.43. The number of likely N-dealkylation sites (N-methyl/N-ethyl adjacent to an activating group) is 1. The summed E-state index contributed by atoms with van der Waals surface area (Å²) in [6.45, 7) is 4.90. The molecule has 28 heavy (non-hydrogen) atoms. The Labute approximate surface area is 180 Å².